The second kappa shape index (κ2) is 5.00. The summed E-state index contributed by atoms with van der Waals surface area (Å²) in [5.74, 6) is -1.47. The Labute approximate surface area is 108 Å². The van der Waals surface area contributed by atoms with Crippen LogP contribution in [0.3, 0.4) is 0 Å². The fraction of sp³-hybridized carbons (Fsp3) is 0.615. The number of aromatic nitrogens is 1. The van der Waals surface area contributed by atoms with Gasteiger partial charge in [0.25, 0.3) is 0 Å². The molecule has 106 valence electrons. The molecule has 0 saturated heterocycles. The van der Waals surface area contributed by atoms with Crippen LogP contribution in [0.15, 0.2) is 23.3 Å². The van der Waals surface area contributed by atoms with Crippen LogP contribution in [0.1, 0.15) is 30.9 Å². The Morgan fingerprint density at radius 1 is 1.37 bits per heavy atom. The average Bonchev–Trinajstić information content (AvgIpc) is 2.31. The van der Waals surface area contributed by atoms with E-state index in [1.807, 2.05) is 0 Å². The van der Waals surface area contributed by atoms with Crippen LogP contribution >= 0.6 is 0 Å². The largest absolute Gasteiger partial charge is 0.393 e. The van der Waals surface area contributed by atoms with Crippen LogP contribution in [0.2, 0.25) is 0 Å². The van der Waals surface area contributed by atoms with Crippen molar-refractivity contribution >= 4 is 0 Å². The molecule has 1 aromatic rings. The molecule has 3 unspecified atom stereocenters. The number of rotatable bonds is 1. The van der Waals surface area contributed by atoms with Gasteiger partial charge < -0.3 is 9.67 Å². The minimum atomic E-state index is -4.29. The van der Waals surface area contributed by atoms with Crippen molar-refractivity contribution in [2.45, 2.75) is 44.5 Å². The fourth-order valence-electron chi connectivity index (χ4n) is 2.66. The molecular weight excluding hydrogens is 259 g/mol. The van der Waals surface area contributed by atoms with Gasteiger partial charge in [0.05, 0.1) is 12.0 Å². The second-order valence-corrected chi connectivity index (χ2v) is 5.12. The quantitative estimate of drug-likeness (QED) is 0.855. The van der Waals surface area contributed by atoms with Crippen LogP contribution < -0.4 is 5.43 Å². The third-order valence-corrected chi connectivity index (χ3v) is 3.72. The molecule has 6 heteroatoms. The molecule has 0 bridgehead atoms. The number of aliphatic hydroxyl groups excluding tert-OH is 1. The third-order valence-electron chi connectivity index (χ3n) is 3.72. The molecular formula is C13H16F3NO2. The van der Waals surface area contributed by atoms with Gasteiger partial charge in [-0.15, -0.1) is 0 Å². The van der Waals surface area contributed by atoms with E-state index in [1.54, 1.807) is 6.92 Å². The summed E-state index contributed by atoms with van der Waals surface area (Å²) in [5, 5.41) is 9.61. The van der Waals surface area contributed by atoms with Gasteiger partial charge in [0, 0.05) is 30.1 Å². The van der Waals surface area contributed by atoms with Gasteiger partial charge >= 0.3 is 6.18 Å². The lowest BCUT2D eigenvalue weighted by Gasteiger charge is -2.36. The van der Waals surface area contributed by atoms with Gasteiger partial charge in [-0.2, -0.15) is 13.2 Å². The van der Waals surface area contributed by atoms with E-state index >= 15 is 0 Å². The second-order valence-electron chi connectivity index (χ2n) is 5.12. The van der Waals surface area contributed by atoms with Crippen molar-refractivity contribution in [1.82, 2.24) is 4.57 Å². The van der Waals surface area contributed by atoms with E-state index < -0.39 is 24.2 Å². The normalized spacial score (nSPS) is 28.4. The Morgan fingerprint density at radius 3 is 2.63 bits per heavy atom. The van der Waals surface area contributed by atoms with E-state index in [1.165, 1.54) is 23.0 Å². The topological polar surface area (TPSA) is 42.2 Å². The van der Waals surface area contributed by atoms with E-state index in [-0.39, 0.29) is 24.7 Å². The highest BCUT2D eigenvalue weighted by Crippen LogP contribution is 2.43. The Kier molecular flexibility index (Phi) is 3.71. The Hall–Kier alpha value is -1.30. The van der Waals surface area contributed by atoms with Crippen molar-refractivity contribution in [3.8, 4) is 0 Å². The molecule has 19 heavy (non-hydrogen) atoms. The molecule has 0 radical (unpaired) electrons. The van der Waals surface area contributed by atoms with Crippen molar-refractivity contribution in [2.24, 2.45) is 5.92 Å². The van der Waals surface area contributed by atoms with Crippen molar-refractivity contribution < 1.29 is 18.3 Å². The summed E-state index contributed by atoms with van der Waals surface area (Å²) in [6.07, 6.45) is -2.06. The zero-order valence-electron chi connectivity index (χ0n) is 10.5. The molecule has 1 saturated carbocycles. The number of hydrogen-bond donors (Lipinski definition) is 1. The molecule has 2 rings (SSSR count). The predicted molar refractivity (Wildman–Crippen MR) is 63.9 cm³/mol. The van der Waals surface area contributed by atoms with Gasteiger partial charge in [0.2, 0.25) is 0 Å². The zero-order chi connectivity index (χ0) is 14.2. The molecule has 3 atom stereocenters. The first-order chi connectivity index (χ1) is 8.79. The number of nitrogens with zero attached hydrogens (tertiary/aromatic N) is 1. The molecule has 0 aromatic carbocycles. The van der Waals surface area contributed by atoms with Crippen molar-refractivity contribution in [2.75, 3.05) is 0 Å². The van der Waals surface area contributed by atoms with Crippen LogP contribution in [0.5, 0.6) is 0 Å². The Morgan fingerprint density at radius 2 is 2.05 bits per heavy atom. The molecule has 1 aromatic heterocycles. The lowest BCUT2D eigenvalue weighted by molar-refractivity contribution is -0.198. The molecule has 0 aliphatic heterocycles. The molecule has 0 spiro atoms. The molecule has 1 heterocycles. The summed E-state index contributed by atoms with van der Waals surface area (Å²) in [6, 6.07) is 0.423. The highest BCUT2D eigenvalue weighted by atomic mass is 19.4. The number of pyridine rings is 1. The van der Waals surface area contributed by atoms with Crippen LogP contribution in [0.4, 0.5) is 13.2 Å². The van der Waals surface area contributed by atoms with Gasteiger partial charge in [0.15, 0.2) is 5.43 Å². The van der Waals surface area contributed by atoms with Crippen LogP contribution in [0.25, 0.3) is 0 Å². The summed E-state index contributed by atoms with van der Waals surface area (Å²) in [5.41, 5.74) is 0.208. The average molecular weight is 275 g/mol. The van der Waals surface area contributed by atoms with Crippen molar-refractivity contribution in [3.05, 3.63) is 34.2 Å². The molecule has 0 amide bonds. The van der Waals surface area contributed by atoms with E-state index in [4.69, 9.17) is 0 Å². The zero-order valence-corrected chi connectivity index (χ0v) is 10.5. The van der Waals surface area contributed by atoms with E-state index in [0.29, 0.717) is 5.56 Å². The first-order valence-corrected chi connectivity index (χ1v) is 6.22. The van der Waals surface area contributed by atoms with Crippen LogP contribution in [-0.2, 0) is 0 Å². The summed E-state index contributed by atoms with van der Waals surface area (Å²) in [7, 11) is 0. The summed E-state index contributed by atoms with van der Waals surface area (Å²) < 4.78 is 40.5. The number of aryl methyl sites for hydroxylation is 1. The lowest BCUT2D eigenvalue weighted by atomic mass is 9.82. The fourth-order valence-corrected chi connectivity index (χ4v) is 2.66. The van der Waals surface area contributed by atoms with Crippen LogP contribution in [-0.4, -0.2) is 22.0 Å². The van der Waals surface area contributed by atoms with E-state index in [9.17, 15) is 23.1 Å². The number of hydrogen-bond acceptors (Lipinski definition) is 2. The molecule has 3 nitrogen and oxygen atoms in total. The molecule has 1 fully saturated rings. The molecule has 1 aliphatic rings. The van der Waals surface area contributed by atoms with Gasteiger partial charge in [-0.3, -0.25) is 4.79 Å². The monoisotopic (exact) mass is 275 g/mol. The Balaban J connectivity index is 2.36. The van der Waals surface area contributed by atoms with Gasteiger partial charge in [-0.25, -0.2) is 0 Å². The van der Waals surface area contributed by atoms with Crippen molar-refractivity contribution in [3.63, 3.8) is 0 Å². The third kappa shape index (κ3) is 3.00. The van der Waals surface area contributed by atoms with Gasteiger partial charge in [-0.1, -0.05) is 0 Å². The highest BCUT2D eigenvalue weighted by Gasteiger charge is 2.47. The standard InChI is InChI=1S/C13H16F3NO2/c1-8-7-17(5-4-12(8)19)11-6-9(18)2-3-10(11)13(14,15)16/h4-5,7,9-11,18H,2-3,6H2,1H3. The van der Waals surface area contributed by atoms with Gasteiger partial charge in [0.1, 0.15) is 0 Å². The SMILES string of the molecule is Cc1cn(C2CC(O)CCC2C(F)(F)F)ccc1=O. The number of aliphatic hydroxyl groups is 1. The summed E-state index contributed by atoms with van der Waals surface area (Å²) in [4.78, 5) is 11.3. The van der Waals surface area contributed by atoms with Gasteiger partial charge in [-0.05, 0) is 26.2 Å². The minimum absolute atomic E-state index is 0.0620. The maximum atomic E-state index is 13.0. The predicted octanol–water partition coefficient (Wildman–Crippen LogP) is 2.42. The van der Waals surface area contributed by atoms with E-state index in [0.717, 1.165) is 0 Å². The maximum Gasteiger partial charge on any atom is 0.393 e. The van der Waals surface area contributed by atoms with Crippen LogP contribution in [0, 0.1) is 12.8 Å². The molecule has 1 aliphatic carbocycles. The summed E-state index contributed by atoms with van der Waals surface area (Å²) >= 11 is 0. The van der Waals surface area contributed by atoms with Crippen molar-refractivity contribution in [1.29, 1.82) is 0 Å². The number of alkyl halides is 3. The smallest absolute Gasteiger partial charge is 0.393 e. The minimum Gasteiger partial charge on any atom is -0.393 e. The first kappa shape index (κ1) is 14.1. The maximum absolute atomic E-state index is 13.0. The molecule has 1 N–H and O–H groups in total. The lowest BCUT2D eigenvalue weighted by Crippen LogP contribution is -2.38. The summed E-state index contributed by atoms with van der Waals surface area (Å²) in [6.45, 7) is 1.57. The Bertz CT molecular complexity index is 509. The highest BCUT2D eigenvalue weighted by molar-refractivity contribution is 5.09. The first-order valence-electron chi connectivity index (χ1n) is 6.22. The van der Waals surface area contributed by atoms with E-state index in [2.05, 4.69) is 0 Å². The number of halogens is 3.